The fourth-order valence-corrected chi connectivity index (χ4v) is 7.38. The molecule has 0 spiro atoms. The van der Waals surface area contributed by atoms with Gasteiger partial charge in [0.1, 0.15) is 12.1 Å². The van der Waals surface area contributed by atoms with Gasteiger partial charge in [0, 0.05) is 23.6 Å². The molecule has 228 valence electrons. The van der Waals surface area contributed by atoms with E-state index in [0.29, 0.717) is 30.0 Å². The summed E-state index contributed by atoms with van der Waals surface area (Å²) in [5.74, 6) is -0.527. The van der Waals surface area contributed by atoms with Gasteiger partial charge >= 0.3 is 0 Å². The molecule has 2 saturated heterocycles. The van der Waals surface area contributed by atoms with E-state index in [1.54, 1.807) is 45.8 Å². The Morgan fingerprint density at radius 2 is 1.31 bits per heavy atom. The van der Waals surface area contributed by atoms with Gasteiger partial charge in [-0.25, -0.2) is 0 Å². The number of amides is 3. The summed E-state index contributed by atoms with van der Waals surface area (Å²) in [5.41, 5.74) is 3.29. The highest BCUT2D eigenvalue weighted by molar-refractivity contribution is 7.98. The second-order valence-corrected chi connectivity index (χ2v) is 12.4. The lowest BCUT2D eigenvalue weighted by atomic mass is 9.90. The SMILES string of the molecule is O=C(N[C@@H](CSCc1ccccc1)C(=O)N1CCC2[C@H]1C(=O)CN2C(=O)c1ccccc1)C(c1ccccc1)c1ccccc1. The van der Waals surface area contributed by atoms with Crippen LogP contribution >= 0.6 is 11.8 Å². The summed E-state index contributed by atoms with van der Waals surface area (Å²) < 4.78 is 0. The van der Waals surface area contributed by atoms with E-state index in [4.69, 9.17) is 0 Å². The van der Waals surface area contributed by atoms with Crippen LogP contribution in [-0.2, 0) is 20.1 Å². The fourth-order valence-electron chi connectivity index (χ4n) is 6.37. The van der Waals surface area contributed by atoms with Crippen LogP contribution in [0.4, 0.5) is 0 Å². The minimum Gasteiger partial charge on any atom is -0.343 e. The average Bonchev–Trinajstić information content (AvgIpc) is 3.67. The van der Waals surface area contributed by atoms with Crippen LogP contribution in [0.15, 0.2) is 121 Å². The summed E-state index contributed by atoms with van der Waals surface area (Å²) >= 11 is 1.56. The fraction of sp³-hybridized carbons (Fsp3) is 0.243. The maximum absolute atomic E-state index is 14.3. The maximum Gasteiger partial charge on any atom is 0.254 e. The standard InChI is InChI=1S/C37H35N3O4S/c41-32-23-40(36(43)29-19-11-4-12-20-29)31-21-22-39(34(31)32)37(44)30(25-45-24-26-13-5-1-6-14-26)38-35(42)33(27-15-7-2-8-16-27)28-17-9-3-10-18-28/h1-20,30-31,33-34H,21-25H2,(H,38,42)/t30-,31?,34-/m0/s1. The summed E-state index contributed by atoms with van der Waals surface area (Å²) in [6, 6.07) is 36.0. The van der Waals surface area contributed by atoms with E-state index in [9.17, 15) is 19.2 Å². The maximum atomic E-state index is 14.3. The van der Waals surface area contributed by atoms with Crippen LogP contribution < -0.4 is 5.32 Å². The molecular formula is C37H35N3O4S. The van der Waals surface area contributed by atoms with Gasteiger partial charge in [-0.05, 0) is 35.2 Å². The van der Waals surface area contributed by atoms with Crippen molar-refractivity contribution in [2.75, 3.05) is 18.8 Å². The average molecular weight is 618 g/mol. The Morgan fingerprint density at radius 1 is 0.756 bits per heavy atom. The minimum atomic E-state index is -0.855. The van der Waals surface area contributed by atoms with E-state index in [1.807, 2.05) is 97.1 Å². The largest absolute Gasteiger partial charge is 0.343 e. The Bertz CT molecular complexity index is 1600. The van der Waals surface area contributed by atoms with Crippen molar-refractivity contribution >= 4 is 35.3 Å². The van der Waals surface area contributed by atoms with Crippen molar-refractivity contribution in [3.8, 4) is 0 Å². The van der Waals surface area contributed by atoms with Crippen molar-refractivity contribution in [1.29, 1.82) is 0 Å². The lowest BCUT2D eigenvalue weighted by molar-refractivity contribution is -0.139. The number of carbonyl (C=O) groups is 4. The highest BCUT2D eigenvalue weighted by Gasteiger charge is 2.52. The monoisotopic (exact) mass is 617 g/mol. The highest BCUT2D eigenvalue weighted by Crippen LogP contribution is 2.32. The molecule has 0 radical (unpaired) electrons. The van der Waals surface area contributed by atoms with Crippen molar-refractivity contribution in [1.82, 2.24) is 15.1 Å². The van der Waals surface area contributed by atoms with Gasteiger partial charge in [-0.2, -0.15) is 11.8 Å². The first-order valence-corrected chi connectivity index (χ1v) is 16.4. The number of benzene rings is 4. The van der Waals surface area contributed by atoms with Crippen molar-refractivity contribution in [3.05, 3.63) is 144 Å². The Morgan fingerprint density at radius 3 is 1.91 bits per heavy atom. The molecule has 0 aromatic heterocycles. The first-order chi connectivity index (χ1) is 22.0. The number of carbonyl (C=O) groups excluding carboxylic acids is 4. The van der Waals surface area contributed by atoms with Gasteiger partial charge in [0.25, 0.3) is 5.91 Å². The molecule has 0 bridgehead atoms. The molecule has 2 aliphatic rings. The number of likely N-dealkylation sites (tertiary alicyclic amines) is 2. The molecular weight excluding hydrogens is 582 g/mol. The molecule has 3 amide bonds. The molecule has 0 aliphatic carbocycles. The van der Waals surface area contributed by atoms with E-state index in [-0.39, 0.29) is 36.1 Å². The van der Waals surface area contributed by atoms with Crippen LogP contribution in [0.3, 0.4) is 0 Å². The van der Waals surface area contributed by atoms with Gasteiger partial charge in [-0.1, -0.05) is 109 Å². The number of fused-ring (bicyclic) bond motifs is 1. The van der Waals surface area contributed by atoms with Gasteiger partial charge in [0.05, 0.1) is 18.5 Å². The Hall–Kier alpha value is -4.69. The van der Waals surface area contributed by atoms with Crippen LogP contribution in [0.2, 0.25) is 0 Å². The molecule has 3 atom stereocenters. The Balaban J connectivity index is 1.24. The molecule has 45 heavy (non-hydrogen) atoms. The number of hydrogen-bond acceptors (Lipinski definition) is 5. The van der Waals surface area contributed by atoms with Crippen LogP contribution in [0, 0.1) is 0 Å². The van der Waals surface area contributed by atoms with Gasteiger partial charge in [-0.15, -0.1) is 0 Å². The van der Waals surface area contributed by atoms with Crippen LogP contribution in [0.25, 0.3) is 0 Å². The number of Topliss-reactive ketones (excluding diaryl/α,β-unsaturated/α-hetero) is 1. The third kappa shape index (κ3) is 6.71. The first-order valence-electron chi connectivity index (χ1n) is 15.2. The normalized spacial score (nSPS) is 18.1. The summed E-state index contributed by atoms with van der Waals surface area (Å²) in [5, 5.41) is 3.09. The van der Waals surface area contributed by atoms with Crippen molar-refractivity contribution in [2.24, 2.45) is 0 Å². The molecule has 6 rings (SSSR count). The molecule has 1 unspecified atom stereocenters. The van der Waals surface area contributed by atoms with E-state index < -0.39 is 18.0 Å². The second-order valence-electron chi connectivity index (χ2n) is 11.4. The number of thioether (sulfide) groups is 1. The van der Waals surface area contributed by atoms with Crippen molar-refractivity contribution in [3.63, 3.8) is 0 Å². The number of nitrogens with one attached hydrogen (secondary N) is 1. The molecule has 4 aromatic rings. The predicted molar refractivity (Wildman–Crippen MR) is 176 cm³/mol. The molecule has 1 N–H and O–H groups in total. The molecule has 7 nitrogen and oxygen atoms in total. The lowest BCUT2D eigenvalue weighted by Gasteiger charge is -2.29. The van der Waals surface area contributed by atoms with Crippen LogP contribution in [-0.4, -0.2) is 70.3 Å². The molecule has 0 saturated carbocycles. The van der Waals surface area contributed by atoms with Crippen LogP contribution in [0.5, 0.6) is 0 Å². The molecule has 4 aromatic carbocycles. The molecule has 2 aliphatic heterocycles. The summed E-state index contributed by atoms with van der Waals surface area (Å²) in [4.78, 5) is 58.3. The zero-order chi connectivity index (χ0) is 31.2. The zero-order valence-corrected chi connectivity index (χ0v) is 25.6. The highest BCUT2D eigenvalue weighted by atomic mass is 32.2. The molecule has 8 heteroatoms. The number of ketones is 1. The predicted octanol–water partition coefficient (Wildman–Crippen LogP) is 4.93. The zero-order valence-electron chi connectivity index (χ0n) is 24.8. The van der Waals surface area contributed by atoms with Crippen molar-refractivity contribution < 1.29 is 19.2 Å². The van der Waals surface area contributed by atoms with E-state index in [1.165, 1.54) is 0 Å². The number of rotatable bonds is 10. The van der Waals surface area contributed by atoms with E-state index in [2.05, 4.69) is 5.32 Å². The second kappa shape index (κ2) is 13.9. The third-order valence-corrected chi connectivity index (χ3v) is 9.63. The topological polar surface area (TPSA) is 86.8 Å². The third-order valence-electron chi connectivity index (χ3n) is 8.53. The lowest BCUT2D eigenvalue weighted by Crippen LogP contribution is -2.54. The summed E-state index contributed by atoms with van der Waals surface area (Å²) in [6.07, 6.45) is 0.509. The van der Waals surface area contributed by atoms with E-state index >= 15 is 0 Å². The quantitative estimate of drug-likeness (QED) is 0.273. The number of hydrogen-bond donors (Lipinski definition) is 1. The van der Waals surface area contributed by atoms with Gasteiger partial charge in [0.15, 0.2) is 5.78 Å². The Labute approximate surface area is 267 Å². The van der Waals surface area contributed by atoms with E-state index in [0.717, 1.165) is 16.7 Å². The van der Waals surface area contributed by atoms with Gasteiger partial charge in [-0.3, -0.25) is 19.2 Å². The van der Waals surface area contributed by atoms with Gasteiger partial charge < -0.3 is 15.1 Å². The number of nitrogens with zero attached hydrogens (tertiary/aromatic N) is 2. The molecule has 2 fully saturated rings. The summed E-state index contributed by atoms with van der Waals surface area (Å²) in [7, 11) is 0. The first kappa shape index (κ1) is 30.3. The van der Waals surface area contributed by atoms with Gasteiger partial charge in [0.2, 0.25) is 11.8 Å². The summed E-state index contributed by atoms with van der Waals surface area (Å²) in [6.45, 7) is 0.311. The smallest absolute Gasteiger partial charge is 0.254 e. The minimum absolute atomic E-state index is 0.0310. The molecule has 2 heterocycles. The van der Waals surface area contributed by atoms with Crippen LogP contribution in [0.1, 0.15) is 39.4 Å². The van der Waals surface area contributed by atoms with Crippen molar-refractivity contribution in [2.45, 2.75) is 36.2 Å². The Kier molecular flexibility index (Phi) is 9.41.